The van der Waals surface area contributed by atoms with Gasteiger partial charge in [0.25, 0.3) is 5.91 Å². The zero-order chi connectivity index (χ0) is 18.5. The van der Waals surface area contributed by atoms with Gasteiger partial charge in [0.2, 0.25) is 11.7 Å². The van der Waals surface area contributed by atoms with E-state index in [4.69, 9.17) is 9.26 Å². The van der Waals surface area contributed by atoms with Crippen molar-refractivity contribution >= 4 is 17.2 Å². The molecule has 6 nitrogen and oxygen atoms in total. The molecule has 0 saturated heterocycles. The number of para-hydroxylation sites is 1. The molecule has 0 unspecified atom stereocenters. The quantitative estimate of drug-likeness (QED) is 0.629. The van der Waals surface area contributed by atoms with Crippen LogP contribution in [-0.2, 0) is 11.3 Å². The van der Waals surface area contributed by atoms with E-state index in [0.717, 1.165) is 4.88 Å². The second-order valence-electron chi connectivity index (χ2n) is 5.63. The number of benzene rings is 1. The number of thiophene rings is 1. The van der Waals surface area contributed by atoms with E-state index in [1.54, 1.807) is 26.1 Å². The highest BCUT2D eigenvalue weighted by Crippen LogP contribution is 2.22. The highest BCUT2D eigenvalue weighted by Gasteiger charge is 2.25. The summed E-state index contributed by atoms with van der Waals surface area (Å²) in [4.78, 5) is 19.2. The van der Waals surface area contributed by atoms with Crippen LogP contribution >= 0.6 is 11.3 Å². The maximum atomic E-state index is 13.8. The Bertz CT molecular complexity index is 866. The number of hydrogen-bond acceptors (Lipinski definition) is 6. The van der Waals surface area contributed by atoms with Gasteiger partial charge in [0.05, 0.1) is 11.4 Å². The normalized spacial score (nSPS) is 12.0. The van der Waals surface area contributed by atoms with Gasteiger partial charge >= 0.3 is 0 Å². The Morgan fingerprint density at radius 2 is 2.15 bits per heavy atom. The topological polar surface area (TPSA) is 68.5 Å². The largest absolute Gasteiger partial charge is 0.478 e. The Morgan fingerprint density at radius 1 is 1.35 bits per heavy atom. The molecule has 0 bridgehead atoms. The highest BCUT2D eigenvalue weighted by atomic mass is 32.1. The fourth-order valence-corrected chi connectivity index (χ4v) is 3.00. The number of carbonyl (C=O) groups excluding carboxylic acids is 1. The third kappa shape index (κ3) is 4.08. The smallest absolute Gasteiger partial charge is 0.263 e. The fourth-order valence-electron chi connectivity index (χ4n) is 2.35. The lowest BCUT2D eigenvalue weighted by Gasteiger charge is -2.22. The summed E-state index contributed by atoms with van der Waals surface area (Å²) in [7, 11) is 1.62. The molecule has 0 fully saturated rings. The maximum Gasteiger partial charge on any atom is 0.263 e. The molecule has 3 aromatic rings. The van der Waals surface area contributed by atoms with Crippen molar-refractivity contribution in [3.8, 4) is 16.5 Å². The van der Waals surface area contributed by atoms with E-state index in [-0.39, 0.29) is 18.2 Å². The maximum absolute atomic E-state index is 13.8. The second kappa shape index (κ2) is 8.09. The van der Waals surface area contributed by atoms with Crippen molar-refractivity contribution in [3.05, 3.63) is 53.5 Å². The van der Waals surface area contributed by atoms with Gasteiger partial charge in [0.1, 0.15) is 0 Å². The Morgan fingerprint density at radius 3 is 2.85 bits per heavy atom. The van der Waals surface area contributed by atoms with Crippen molar-refractivity contribution < 1.29 is 18.4 Å². The van der Waals surface area contributed by atoms with E-state index >= 15 is 0 Å². The number of rotatable bonds is 7. The summed E-state index contributed by atoms with van der Waals surface area (Å²) in [5.41, 5.74) is 0. The average molecular weight is 375 g/mol. The van der Waals surface area contributed by atoms with Gasteiger partial charge in [-0.1, -0.05) is 30.3 Å². The molecule has 1 aromatic carbocycles. The molecular weight excluding hydrogens is 357 g/mol. The lowest BCUT2D eigenvalue weighted by atomic mass is 10.2. The summed E-state index contributed by atoms with van der Waals surface area (Å²) in [6, 6.07) is 9.81. The third-order valence-corrected chi connectivity index (χ3v) is 4.58. The number of aromatic nitrogens is 2. The van der Waals surface area contributed by atoms with Gasteiger partial charge in [0, 0.05) is 7.05 Å². The molecular formula is C18H18FN3O3S. The molecule has 0 aliphatic heterocycles. The fraction of sp³-hybridized carbons (Fsp3) is 0.278. The molecule has 0 spiro atoms. The Hall–Kier alpha value is -2.74. The molecule has 1 atom stereocenters. The molecule has 0 radical (unpaired) electrons. The minimum Gasteiger partial charge on any atom is -0.478 e. The summed E-state index contributed by atoms with van der Waals surface area (Å²) in [6.07, 6.45) is -0.390. The minimum atomic E-state index is -0.795. The summed E-state index contributed by atoms with van der Waals surface area (Å²) in [5, 5.41) is 5.84. The lowest BCUT2D eigenvalue weighted by Crippen LogP contribution is -2.39. The molecule has 2 aromatic heterocycles. The zero-order valence-corrected chi connectivity index (χ0v) is 15.2. The first kappa shape index (κ1) is 18.1. The second-order valence-corrected chi connectivity index (χ2v) is 6.58. The number of amides is 1. The Balaban J connectivity index is 1.65. The van der Waals surface area contributed by atoms with Gasteiger partial charge in [-0.2, -0.15) is 4.98 Å². The van der Waals surface area contributed by atoms with Crippen molar-refractivity contribution in [2.24, 2.45) is 0 Å². The van der Waals surface area contributed by atoms with Crippen LogP contribution in [0.3, 0.4) is 0 Å². The molecule has 0 aliphatic carbocycles. The number of hydrogen-bond donors (Lipinski definition) is 0. The number of carbonyl (C=O) groups is 1. The van der Waals surface area contributed by atoms with Crippen molar-refractivity contribution in [1.82, 2.24) is 15.0 Å². The summed E-state index contributed by atoms with van der Waals surface area (Å²) in [6.45, 7) is 1.95. The minimum absolute atomic E-state index is 0.0545. The van der Waals surface area contributed by atoms with Crippen LogP contribution in [0, 0.1) is 5.82 Å². The number of likely N-dealkylation sites (N-methyl/N-ethyl adjacent to an activating group) is 1. The van der Waals surface area contributed by atoms with Crippen LogP contribution in [0.4, 0.5) is 4.39 Å². The van der Waals surface area contributed by atoms with Gasteiger partial charge in [-0.05, 0) is 30.0 Å². The number of halogens is 1. The predicted molar refractivity (Wildman–Crippen MR) is 95.2 cm³/mol. The van der Waals surface area contributed by atoms with Gasteiger partial charge in [0.15, 0.2) is 17.7 Å². The number of ether oxygens (including phenoxy) is 1. The SMILES string of the molecule is CC[C@H](Oc1ccccc1F)C(=O)N(C)Cc1nc(-c2cccs2)no1. The van der Waals surface area contributed by atoms with E-state index in [9.17, 15) is 9.18 Å². The Labute approximate surface area is 154 Å². The molecule has 26 heavy (non-hydrogen) atoms. The van der Waals surface area contributed by atoms with Crippen molar-refractivity contribution in [1.29, 1.82) is 0 Å². The first-order chi connectivity index (χ1) is 12.6. The summed E-state index contributed by atoms with van der Waals surface area (Å²) < 4.78 is 24.5. The predicted octanol–water partition coefficient (Wildman–Crippen LogP) is 3.75. The first-order valence-electron chi connectivity index (χ1n) is 8.11. The van der Waals surface area contributed by atoms with Crippen LogP contribution in [0.5, 0.6) is 5.75 Å². The van der Waals surface area contributed by atoms with Gasteiger partial charge in [-0.25, -0.2) is 4.39 Å². The van der Waals surface area contributed by atoms with E-state index in [2.05, 4.69) is 10.1 Å². The van der Waals surface area contributed by atoms with Crippen molar-refractivity contribution in [3.63, 3.8) is 0 Å². The monoisotopic (exact) mass is 375 g/mol. The molecule has 8 heteroatoms. The van der Waals surface area contributed by atoms with Crippen molar-refractivity contribution in [2.75, 3.05) is 7.05 Å². The van der Waals surface area contributed by atoms with E-state index in [1.165, 1.54) is 28.4 Å². The summed E-state index contributed by atoms with van der Waals surface area (Å²) >= 11 is 1.50. The first-order valence-corrected chi connectivity index (χ1v) is 8.99. The van der Waals surface area contributed by atoms with Crippen LogP contribution in [0.15, 0.2) is 46.3 Å². The van der Waals surface area contributed by atoms with Crippen LogP contribution in [0.25, 0.3) is 10.7 Å². The van der Waals surface area contributed by atoms with Crippen molar-refractivity contribution in [2.45, 2.75) is 26.0 Å². The van der Waals surface area contributed by atoms with Gasteiger partial charge in [-0.15, -0.1) is 11.3 Å². The average Bonchev–Trinajstić information content (AvgIpc) is 3.32. The summed E-state index contributed by atoms with van der Waals surface area (Å²) in [5.74, 6) is 0.0832. The molecule has 1 amide bonds. The molecule has 3 rings (SSSR count). The zero-order valence-electron chi connectivity index (χ0n) is 14.4. The molecule has 0 saturated carbocycles. The van der Waals surface area contributed by atoms with Crippen LogP contribution in [0.1, 0.15) is 19.2 Å². The van der Waals surface area contributed by atoms with Crippen LogP contribution in [0.2, 0.25) is 0 Å². The molecule has 136 valence electrons. The standard InChI is InChI=1S/C18H18FN3O3S/c1-3-13(24-14-8-5-4-7-12(14)19)18(23)22(2)11-16-20-17(21-25-16)15-9-6-10-26-15/h4-10,13H,3,11H2,1-2H3/t13-/m0/s1. The van der Waals surface area contributed by atoms with Crippen LogP contribution < -0.4 is 4.74 Å². The van der Waals surface area contributed by atoms with Gasteiger partial charge < -0.3 is 14.2 Å². The number of nitrogens with zero attached hydrogens (tertiary/aromatic N) is 3. The highest BCUT2D eigenvalue weighted by molar-refractivity contribution is 7.13. The molecule has 0 aliphatic rings. The molecule has 0 N–H and O–H groups in total. The van der Waals surface area contributed by atoms with Gasteiger partial charge in [-0.3, -0.25) is 4.79 Å². The lowest BCUT2D eigenvalue weighted by molar-refractivity contribution is -0.138. The third-order valence-electron chi connectivity index (χ3n) is 3.71. The Kier molecular flexibility index (Phi) is 5.62. The van der Waals surface area contributed by atoms with E-state index in [1.807, 2.05) is 17.5 Å². The van der Waals surface area contributed by atoms with E-state index < -0.39 is 11.9 Å². The molecule has 2 heterocycles. The van der Waals surface area contributed by atoms with Crippen LogP contribution in [-0.4, -0.2) is 34.1 Å². The van der Waals surface area contributed by atoms with E-state index in [0.29, 0.717) is 18.1 Å².